The average molecular weight is 403 g/mol. The third-order valence-electron chi connectivity index (χ3n) is 5.91. The van der Waals surface area contributed by atoms with Crippen LogP contribution in [0.25, 0.3) is 0 Å². The summed E-state index contributed by atoms with van der Waals surface area (Å²) in [6.45, 7) is 6.52. The fraction of sp³-hybridized carbons (Fsp3) is 0.640. The van der Waals surface area contributed by atoms with E-state index in [1.807, 2.05) is 12.1 Å². The van der Waals surface area contributed by atoms with Crippen LogP contribution in [0.1, 0.15) is 70.3 Å². The van der Waals surface area contributed by atoms with Gasteiger partial charge in [-0.25, -0.2) is 4.79 Å². The molecule has 0 atom stereocenters. The smallest absolute Gasteiger partial charge is 0.335 e. The van der Waals surface area contributed by atoms with Crippen LogP contribution in [-0.4, -0.2) is 30.9 Å². The van der Waals surface area contributed by atoms with Crippen molar-refractivity contribution in [1.29, 1.82) is 0 Å². The van der Waals surface area contributed by atoms with Crippen LogP contribution in [0.2, 0.25) is 0 Å². The zero-order valence-electron chi connectivity index (χ0n) is 18.0. The van der Waals surface area contributed by atoms with Crippen LogP contribution in [0.15, 0.2) is 36.4 Å². The Bertz CT molecular complexity index is 600. The molecule has 4 heteroatoms. The number of benzene rings is 1. The summed E-state index contributed by atoms with van der Waals surface area (Å²) in [4.78, 5) is 11.4. The average Bonchev–Trinajstić information content (AvgIpc) is 2.76. The summed E-state index contributed by atoms with van der Waals surface area (Å²) >= 11 is 0. The molecule has 162 valence electrons. The van der Waals surface area contributed by atoms with Gasteiger partial charge in [0, 0.05) is 0 Å². The summed E-state index contributed by atoms with van der Waals surface area (Å²) < 4.78 is 11.1. The van der Waals surface area contributed by atoms with Crippen LogP contribution in [0.5, 0.6) is 5.75 Å². The molecule has 0 aromatic heterocycles. The number of carbonyl (C=O) groups excluding carboxylic acids is 1. The summed E-state index contributed by atoms with van der Waals surface area (Å²) in [5, 5.41) is 8.83. The number of esters is 1. The van der Waals surface area contributed by atoms with E-state index in [1.54, 1.807) is 0 Å². The van der Waals surface area contributed by atoms with E-state index < -0.39 is 5.97 Å². The van der Waals surface area contributed by atoms with Crippen molar-refractivity contribution < 1.29 is 19.4 Å². The Balaban J connectivity index is 1.59. The third kappa shape index (κ3) is 9.03. The van der Waals surface area contributed by atoms with Gasteiger partial charge in [-0.1, -0.05) is 64.2 Å². The van der Waals surface area contributed by atoms with Gasteiger partial charge in [-0.15, -0.1) is 0 Å². The first-order valence-corrected chi connectivity index (χ1v) is 11.3. The highest BCUT2D eigenvalue weighted by atomic mass is 16.5. The standard InChI is InChI=1S/C25H38O4/c1-3-4-5-7-21-9-11-23(12-10-21)19-29-24-15-13-22(14-16-24)8-6-17-28-25(27)20(2)18-26/h13-16,21,23,26H,2-12,17-19H2,1H3. The van der Waals surface area contributed by atoms with Crippen molar-refractivity contribution in [2.45, 2.75) is 71.1 Å². The van der Waals surface area contributed by atoms with Crippen LogP contribution < -0.4 is 4.74 Å². The number of aliphatic hydroxyl groups is 1. The van der Waals surface area contributed by atoms with Gasteiger partial charge in [-0.05, 0) is 55.2 Å². The first kappa shape index (κ1) is 23.5. The second-order valence-corrected chi connectivity index (χ2v) is 8.34. The lowest BCUT2D eigenvalue weighted by atomic mass is 9.80. The van der Waals surface area contributed by atoms with E-state index in [-0.39, 0.29) is 12.2 Å². The molecule has 0 amide bonds. The van der Waals surface area contributed by atoms with E-state index in [4.69, 9.17) is 14.6 Å². The quantitative estimate of drug-likeness (QED) is 0.270. The van der Waals surface area contributed by atoms with E-state index in [9.17, 15) is 4.79 Å². The lowest BCUT2D eigenvalue weighted by Crippen LogP contribution is -2.20. The number of aryl methyl sites for hydroxylation is 1. The zero-order valence-corrected chi connectivity index (χ0v) is 18.0. The van der Waals surface area contributed by atoms with Gasteiger partial charge in [0.1, 0.15) is 5.75 Å². The van der Waals surface area contributed by atoms with Gasteiger partial charge in [0.2, 0.25) is 0 Å². The molecule has 1 fully saturated rings. The minimum absolute atomic E-state index is 0.0940. The fourth-order valence-corrected chi connectivity index (χ4v) is 3.94. The monoisotopic (exact) mass is 402 g/mol. The summed E-state index contributed by atoms with van der Waals surface area (Å²) in [7, 11) is 0. The minimum Gasteiger partial charge on any atom is -0.493 e. The van der Waals surface area contributed by atoms with Crippen molar-refractivity contribution in [3.05, 3.63) is 42.0 Å². The van der Waals surface area contributed by atoms with Crippen LogP contribution in [0.4, 0.5) is 0 Å². The molecule has 1 aromatic rings. The van der Waals surface area contributed by atoms with Gasteiger partial charge in [-0.3, -0.25) is 0 Å². The highest BCUT2D eigenvalue weighted by Gasteiger charge is 2.21. The van der Waals surface area contributed by atoms with Gasteiger partial charge in [0.25, 0.3) is 0 Å². The second-order valence-electron chi connectivity index (χ2n) is 8.34. The highest BCUT2D eigenvalue weighted by Crippen LogP contribution is 2.32. The first-order valence-electron chi connectivity index (χ1n) is 11.3. The molecule has 0 saturated heterocycles. The van der Waals surface area contributed by atoms with Crippen molar-refractivity contribution in [1.82, 2.24) is 0 Å². The molecule has 0 heterocycles. The number of hydrogen-bond donors (Lipinski definition) is 1. The van der Waals surface area contributed by atoms with Gasteiger partial charge in [-0.2, -0.15) is 0 Å². The molecular formula is C25H38O4. The number of carbonyl (C=O) groups is 1. The molecule has 1 saturated carbocycles. The van der Waals surface area contributed by atoms with Crippen molar-refractivity contribution in [2.24, 2.45) is 11.8 Å². The van der Waals surface area contributed by atoms with Crippen molar-refractivity contribution in [2.75, 3.05) is 19.8 Å². The SMILES string of the molecule is C=C(CO)C(=O)OCCCc1ccc(OCC2CCC(CCCCC)CC2)cc1. The Kier molecular flexibility index (Phi) is 10.9. The predicted molar refractivity (Wildman–Crippen MR) is 117 cm³/mol. The van der Waals surface area contributed by atoms with E-state index >= 15 is 0 Å². The molecule has 0 radical (unpaired) electrons. The maximum Gasteiger partial charge on any atom is 0.335 e. The van der Waals surface area contributed by atoms with Gasteiger partial charge >= 0.3 is 5.97 Å². The number of rotatable bonds is 13. The van der Waals surface area contributed by atoms with Crippen LogP contribution in [0.3, 0.4) is 0 Å². The molecular weight excluding hydrogens is 364 g/mol. The summed E-state index contributed by atoms with van der Waals surface area (Å²) in [6, 6.07) is 8.22. The molecule has 0 spiro atoms. The molecule has 0 unspecified atom stereocenters. The Morgan fingerprint density at radius 2 is 1.76 bits per heavy atom. The van der Waals surface area contributed by atoms with E-state index in [1.165, 1.54) is 56.9 Å². The summed E-state index contributed by atoms with van der Waals surface area (Å²) in [5.74, 6) is 2.05. The molecule has 1 aliphatic carbocycles. The van der Waals surface area contributed by atoms with Crippen molar-refractivity contribution >= 4 is 5.97 Å². The molecule has 1 aromatic carbocycles. The van der Waals surface area contributed by atoms with E-state index in [0.717, 1.165) is 31.1 Å². The van der Waals surface area contributed by atoms with Gasteiger partial charge in [0.05, 0.1) is 25.4 Å². The van der Waals surface area contributed by atoms with E-state index in [0.29, 0.717) is 12.5 Å². The minimum atomic E-state index is -0.522. The highest BCUT2D eigenvalue weighted by molar-refractivity contribution is 5.87. The Labute approximate surface area is 176 Å². The zero-order chi connectivity index (χ0) is 20.9. The van der Waals surface area contributed by atoms with Gasteiger partial charge < -0.3 is 14.6 Å². The maximum atomic E-state index is 11.4. The Hall–Kier alpha value is -1.81. The number of hydrogen-bond acceptors (Lipinski definition) is 4. The van der Waals surface area contributed by atoms with Gasteiger partial charge in [0.15, 0.2) is 0 Å². The third-order valence-corrected chi connectivity index (χ3v) is 5.91. The largest absolute Gasteiger partial charge is 0.493 e. The molecule has 2 rings (SSSR count). The Morgan fingerprint density at radius 3 is 2.41 bits per heavy atom. The van der Waals surface area contributed by atoms with Crippen LogP contribution in [-0.2, 0) is 16.0 Å². The van der Waals surface area contributed by atoms with Crippen LogP contribution in [0, 0.1) is 11.8 Å². The Morgan fingerprint density at radius 1 is 1.07 bits per heavy atom. The maximum absolute atomic E-state index is 11.4. The normalized spacial score (nSPS) is 19.0. The molecule has 0 bridgehead atoms. The number of unbranched alkanes of at least 4 members (excludes halogenated alkanes) is 2. The molecule has 1 aliphatic rings. The molecule has 29 heavy (non-hydrogen) atoms. The topological polar surface area (TPSA) is 55.8 Å². The fourth-order valence-electron chi connectivity index (χ4n) is 3.94. The lowest BCUT2D eigenvalue weighted by molar-refractivity contribution is -0.139. The lowest BCUT2D eigenvalue weighted by Gasteiger charge is -2.28. The van der Waals surface area contributed by atoms with Crippen molar-refractivity contribution in [3.63, 3.8) is 0 Å². The van der Waals surface area contributed by atoms with E-state index in [2.05, 4.69) is 25.6 Å². The summed E-state index contributed by atoms with van der Waals surface area (Å²) in [5.41, 5.74) is 1.29. The molecule has 0 aliphatic heterocycles. The molecule has 1 N–H and O–H groups in total. The number of aliphatic hydroxyl groups excluding tert-OH is 1. The predicted octanol–water partition coefficient (Wildman–Crippen LogP) is 5.48. The molecule has 4 nitrogen and oxygen atoms in total. The second kappa shape index (κ2) is 13.4. The summed E-state index contributed by atoms with van der Waals surface area (Å²) in [6.07, 6.45) is 12.4. The number of ether oxygens (including phenoxy) is 2. The van der Waals surface area contributed by atoms with Crippen molar-refractivity contribution in [3.8, 4) is 5.75 Å². The van der Waals surface area contributed by atoms with Crippen LogP contribution >= 0.6 is 0 Å². The first-order chi connectivity index (χ1) is 14.1.